The number of amides is 2. The first-order valence-corrected chi connectivity index (χ1v) is 11.2. The molecule has 2 aromatic heterocycles. The number of piperidine rings is 1. The van der Waals surface area contributed by atoms with Crippen molar-refractivity contribution in [1.82, 2.24) is 19.7 Å². The van der Waals surface area contributed by atoms with Crippen molar-refractivity contribution in [3.8, 4) is 0 Å². The summed E-state index contributed by atoms with van der Waals surface area (Å²) in [5.41, 5.74) is 0.687. The zero-order valence-electron chi connectivity index (χ0n) is 18.6. The van der Waals surface area contributed by atoms with Gasteiger partial charge in [-0.05, 0) is 49.9 Å². The Kier molecular flexibility index (Phi) is 6.53. The fraction of sp³-hybridized carbons (Fsp3) is 0.391. The lowest BCUT2D eigenvalue weighted by atomic mass is 9.97. The number of nitrogens with zero attached hydrogens (tertiary/aromatic N) is 4. The van der Waals surface area contributed by atoms with Crippen molar-refractivity contribution in [3.05, 3.63) is 52.3 Å². The van der Waals surface area contributed by atoms with Gasteiger partial charge in [0.25, 0.3) is 5.91 Å². The normalized spacial score (nSPS) is 15.1. The van der Waals surface area contributed by atoms with Crippen molar-refractivity contribution >= 4 is 40.1 Å². The van der Waals surface area contributed by atoms with Crippen molar-refractivity contribution in [2.24, 2.45) is 5.92 Å². The molecule has 180 valence electrons. The Hall–Kier alpha value is -3.14. The molecule has 1 saturated heterocycles. The van der Waals surface area contributed by atoms with Crippen LogP contribution in [0.5, 0.6) is 0 Å². The number of likely N-dealkylation sites (tertiary alicyclic amines) is 1. The number of anilines is 1. The molecule has 7 nitrogen and oxygen atoms in total. The second-order valence-electron chi connectivity index (χ2n) is 8.43. The SMILES string of the molecule is CC(=O)N1CCC(Cn2nc(C)c3c(Cl)c(C(=O)Nc4ccc(C(F)(F)F)cc4)cnc32)CC1. The van der Waals surface area contributed by atoms with Crippen LogP contribution >= 0.6 is 11.6 Å². The van der Waals surface area contributed by atoms with Gasteiger partial charge >= 0.3 is 6.18 Å². The van der Waals surface area contributed by atoms with Crippen LogP contribution in [0, 0.1) is 12.8 Å². The first-order chi connectivity index (χ1) is 16.0. The van der Waals surface area contributed by atoms with Gasteiger partial charge in [0, 0.05) is 38.4 Å². The number of alkyl halides is 3. The standard InChI is InChI=1S/C23H23ClF3N5O2/c1-13-19-20(24)18(22(34)29-17-5-3-16(4-6-17)23(25,26)27)11-28-21(19)32(30-13)12-15-7-9-31(10-8-15)14(2)33/h3-6,11,15H,7-10,12H2,1-2H3,(H,29,34). The minimum absolute atomic E-state index is 0.0781. The van der Waals surface area contributed by atoms with Crippen LogP contribution in [0.2, 0.25) is 5.02 Å². The molecule has 0 unspecified atom stereocenters. The van der Waals surface area contributed by atoms with Crippen LogP contribution in [0.4, 0.5) is 18.9 Å². The first-order valence-electron chi connectivity index (χ1n) is 10.8. The van der Waals surface area contributed by atoms with Crippen molar-refractivity contribution in [2.45, 2.75) is 39.4 Å². The van der Waals surface area contributed by atoms with E-state index in [-0.39, 0.29) is 22.2 Å². The van der Waals surface area contributed by atoms with Crippen LogP contribution < -0.4 is 5.32 Å². The summed E-state index contributed by atoms with van der Waals surface area (Å²) < 4.78 is 40.0. The third kappa shape index (κ3) is 4.86. The van der Waals surface area contributed by atoms with Gasteiger partial charge < -0.3 is 10.2 Å². The third-order valence-corrected chi connectivity index (χ3v) is 6.47. The minimum atomic E-state index is -4.46. The Morgan fingerprint density at radius 2 is 1.82 bits per heavy atom. The lowest BCUT2D eigenvalue weighted by Crippen LogP contribution is -2.38. The molecule has 1 aromatic carbocycles. The van der Waals surface area contributed by atoms with Crippen molar-refractivity contribution in [2.75, 3.05) is 18.4 Å². The van der Waals surface area contributed by atoms with E-state index in [0.717, 1.165) is 25.0 Å². The molecule has 0 saturated carbocycles. The summed E-state index contributed by atoms with van der Waals surface area (Å²) in [6, 6.07) is 4.16. The van der Waals surface area contributed by atoms with Crippen LogP contribution in [-0.2, 0) is 17.5 Å². The van der Waals surface area contributed by atoms with Crippen LogP contribution in [-0.4, -0.2) is 44.6 Å². The molecule has 4 rings (SSSR count). The van der Waals surface area contributed by atoms with Crippen LogP contribution in [0.1, 0.15) is 41.4 Å². The van der Waals surface area contributed by atoms with Gasteiger partial charge in [0.15, 0.2) is 5.65 Å². The van der Waals surface area contributed by atoms with Gasteiger partial charge in [-0.1, -0.05) is 11.6 Å². The average Bonchev–Trinajstić information content (AvgIpc) is 3.10. The van der Waals surface area contributed by atoms with E-state index in [9.17, 15) is 22.8 Å². The fourth-order valence-electron chi connectivity index (χ4n) is 4.18. The quantitative estimate of drug-likeness (QED) is 0.559. The van der Waals surface area contributed by atoms with Crippen LogP contribution in [0.15, 0.2) is 30.5 Å². The molecule has 2 amide bonds. The molecule has 1 aliphatic rings. The van der Waals surface area contributed by atoms with E-state index in [1.54, 1.807) is 18.5 Å². The highest BCUT2D eigenvalue weighted by Gasteiger charge is 2.30. The smallest absolute Gasteiger partial charge is 0.343 e. The number of carbonyl (C=O) groups excluding carboxylic acids is 2. The maximum absolute atomic E-state index is 12.8. The molecule has 1 fully saturated rings. The Morgan fingerprint density at radius 3 is 2.41 bits per heavy atom. The molecule has 3 heterocycles. The molecular weight excluding hydrogens is 471 g/mol. The summed E-state index contributed by atoms with van der Waals surface area (Å²) in [7, 11) is 0. The van der Waals surface area contributed by atoms with Crippen molar-refractivity contribution in [1.29, 1.82) is 0 Å². The van der Waals surface area contributed by atoms with Gasteiger partial charge in [0.1, 0.15) is 0 Å². The topological polar surface area (TPSA) is 80.1 Å². The molecule has 0 bridgehead atoms. The maximum atomic E-state index is 12.8. The summed E-state index contributed by atoms with van der Waals surface area (Å²) in [5.74, 6) is -0.168. The number of carbonyl (C=O) groups is 2. The number of aryl methyl sites for hydroxylation is 1. The molecule has 0 atom stereocenters. The molecule has 1 aliphatic heterocycles. The first kappa shape index (κ1) is 24.0. The summed E-state index contributed by atoms with van der Waals surface area (Å²) in [6.07, 6.45) is -1.38. The molecule has 1 N–H and O–H groups in total. The zero-order chi connectivity index (χ0) is 24.6. The maximum Gasteiger partial charge on any atom is 0.416 e. The number of hydrogen-bond acceptors (Lipinski definition) is 4. The number of halogens is 4. The largest absolute Gasteiger partial charge is 0.416 e. The zero-order valence-corrected chi connectivity index (χ0v) is 19.4. The van der Waals surface area contributed by atoms with E-state index >= 15 is 0 Å². The molecular formula is C23H23ClF3N5O2. The van der Waals surface area contributed by atoms with Gasteiger partial charge in [0.2, 0.25) is 5.91 Å². The molecule has 0 aliphatic carbocycles. The number of hydrogen-bond donors (Lipinski definition) is 1. The Balaban J connectivity index is 1.52. The summed E-state index contributed by atoms with van der Waals surface area (Å²) in [4.78, 5) is 30.6. The van der Waals surface area contributed by atoms with Crippen molar-refractivity contribution < 1.29 is 22.8 Å². The lowest BCUT2D eigenvalue weighted by Gasteiger charge is -2.31. The summed E-state index contributed by atoms with van der Waals surface area (Å²) >= 11 is 6.56. The predicted octanol–water partition coefficient (Wildman–Crippen LogP) is 4.92. The van der Waals surface area contributed by atoms with Gasteiger partial charge in [-0.25, -0.2) is 9.67 Å². The highest BCUT2D eigenvalue weighted by Crippen LogP contribution is 2.32. The predicted molar refractivity (Wildman–Crippen MR) is 122 cm³/mol. The summed E-state index contributed by atoms with van der Waals surface area (Å²) in [5, 5.41) is 7.87. The molecule has 11 heteroatoms. The lowest BCUT2D eigenvalue weighted by molar-refractivity contribution is -0.137. The molecule has 34 heavy (non-hydrogen) atoms. The van der Waals surface area contributed by atoms with Crippen molar-refractivity contribution in [3.63, 3.8) is 0 Å². The van der Waals surface area contributed by atoms with E-state index in [4.69, 9.17) is 11.6 Å². The van der Waals surface area contributed by atoms with E-state index in [2.05, 4.69) is 15.4 Å². The monoisotopic (exact) mass is 493 g/mol. The number of fused-ring (bicyclic) bond motifs is 1. The molecule has 0 spiro atoms. The van der Waals surface area contributed by atoms with E-state index < -0.39 is 17.6 Å². The average molecular weight is 494 g/mol. The molecule has 0 radical (unpaired) electrons. The summed E-state index contributed by atoms with van der Waals surface area (Å²) in [6.45, 7) is 5.39. The number of pyridine rings is 1. The van der Waals surface area contributed by atoms with Crippen LogP contribution in [0.3, 0.4) is 0 Å². The van der Waals surface area contributed by atoms with Gasteiger partial charge in [-0.2, -0.15) is 18.3 Å². The van der Waals surface area contributed by atoms with E-state index in [1.165, 1.54) is 18.3 Å². The van der Waals surface area contributed by atoms with E-state index in [1.807, 2.05) is 4.90 Å². The third-order valence-electron chi connectivity index (χ3n) is 6.08. The van der Waals surface area contributed by atoms with Gasteiger partial charge in [-0.15, -0.1) is 0 Å². The number of nitrogens with one attached hydrogen (secondary N) is 1. The van der Waals surface area contributed by atoms with Crippen LogP contribution in [0.25, 0.3) is 11.0 Å². The Bertz CT molecular complexity index is 1230. The molecule has 3 aromatic rings. The second kappa shape index (κ2) is 9.25. The highest BCUT2D eigenvalue weighted by molar-refractivity contribution is 6.39. The van der Waals surface area contributed by atoms with Gasteiger partial charge in [0.05, 0.1) is 27.2 Å². The van der Waals surface area contributed by atoms with E-state index in [0.29, 0.717) is 42.3 Å². The minimum Gasteiger partial charge on any atom is -0.343 e. The Labute approximate surface area is 198 Å². The van der Waals surface area contributed by atoms with Gasteiger partial charge in [-0.3, -0.25) is 9.59 Å². The number of benzene rings is 1. The Morgan fingerprint density at radius 1 is 1.18 bits per heavy atom. The number of aromatic nitrogens is 3. The second-order valence-corrected chi connectivity index (χ2v) is 8.81. The highest BCUT2D eigenvalue weighted by atomic mass is 35.5. The fourth-order valence-corrected chi connectivity index (χ4v) is 4.53. The number of rotatable bonds is 4.